The molecule has 150 valence electrons. The first kappa shape index (κ1) is 21.4. The first-order valence-corrected chi connectivity index (χ1v) is 10.4. The van der Waals surface area contributed by atoms with Gasteiger partial charge in [-0.05, 0) is 62.9 Å². The maximum atomic E-state index is 12.7. The zero-order valence-electron chi connectivity index (χ0n) is 17.0. The summed E-state index contributed by atoms with van der Waals surface area (Å²) < 4.78 is 0. The quantitative estimate of drug-likeness (QED) is 0.654. The lowest BCUT2D eigenvalue weighted by Crippen LogP contribution is -2.50. The highest BCUT2D eigenvalue weighted by atomic mass is 16.2. The number of hydrogen-bond acceptors (Lipinski definition) is 3. The van der Waals surface area contributed by atoms with Crippen molar-refractivity contribution in [1.29, 1.82) is 0 Å². The smallest absolute Gasteiger partial charge is 0.251 e. The summed E-state index contributed by atoms with van der Waals surface area (Å²) in [6.45, 7) is 10.4. The molecule has 2 rings (SSSR count). The fourth-order valence-electron chi connectivity index (χ4n) is 3.43. The minimum Gasteiger partial charge on any atom is -0.354 e. The monoisotopic (exact) mass is 373 g/mol. The largest absolute Gasteiger partial charge is 0.354 e. The first-order chi connectivity index (χ1) is 13.0. The molecule has 0 saturated carbocycles. The Labute approximate surface area is 163 Å². The van der Waals surface area contributed by atoms with Crippen LogP contribution in [0.1, 0.15) is 56.8 Å². The van der Waals surface area contributed by atoms with Crippen molar-refractivity contribution in [1.82, 2.24) is 15.5 Å². The van der Waals surface area contributed by atoms with Crippen LogP contribution >= 0.6 is 0 Å². The van der Waals surface area contributed by atoms with Crippen molar-refractivity contribution < 1.29 is 9.59 Å². The van der Waals surface area contributed by atoms with E-state index in [-0.39, 0.29) is 17.7 Å². The third kappa shape index (κ3) is 6.98. The summed E-state index contributed by atoms with van der Waals surface area (Å²) in [6, 6.07) is 8.56. The normalized spacial score (nSPS) is 17.9. The van der Waals surface area contributed by atoms with Gasteiger partial charge in [-0.25, -0.2) is 0 Å². The van der Waals surface area contributed by atoms with E-state index in [9.17, 15) is 9.59 Å². The number of carbonyl (C=O) groups excluding carboxylic acids is 2. The topological polar surface area (TPSA) is 61.4 Å². The van der Waals surface area contributed by atoms with Crippen LogP contribution in [0.3, 0.4) is 0 Å². The van der Waals surface area contributed by atoms with Crippen molar-refractivity contribution in [3.8, 4) is 0 Å². The fourth-order valence-corrected chi connectivity index (χ4v) is 3.43. The Morgan fingerprint density at radius 3 is 2.48 bits per heavy atom. The summed E-state index contributed by atoms with van der Waals surface area (Å²) in [4.78, 5) is 27.6. The average Bonchev–Trinajstić information content (AvgIpc) is 2.70. The van der Waals surface area contributed by atoms with Crippen LogP contribution in [0.2, 0.25) is 0 Å². The molecule has 0 radical (unpaired) electrons. The van der Waals surface area contributed by atoms with Crippen molar-refractivity contribution >= 4 is 11.8 Å². The fraction of sp³-hybridized carbons (Fsp3) is 0.636. The summed E-state index contributed by atoms with van der Waals surface area (Å²) in [5.41, 5.74) is 0.581. The summed E-state index contributed by atoms with van der Waals surface area (Å²) >= 11 is 0. The van der Waals surface area contributed by atoms with Crippen molar-refractivity contribution in [2.24, 2.45) is 11.8 Å². The maximum absolute atomic E-state index is 12.7. The number of amides is 2. The number of benzene rings is 1. The zero-order chi connectivity index (χ0) is 19.6. The van der Waals surface area contributed by atoms with Gasteiger partial charge in [0.25, 0.3) is 5.91 Å². The molecule has 1 saturated heterocycles. The van der Waals surface area contributed by atoms with E-state index >= 15 is 0 Å². The van der Waals surface area contributed by atoms with Crippen molar-refractivity contribution in [2.45, 2.75) is 52.5 Å². The van der Waals surface area contributed by atoms with Gasteiger partial charge in [-0.2, -0.15) is 0 Å². The second kappa shape index (κ2) is 11.1. The van der Waals surface area contributed by atoms with Crippen LogP contribution in [0.4, 0.5) is 0 Å². The Balaban J connectivity index is 1.79. The van der Waals surface area contributed by atoms with Crippen LogP contribution < -0.4 is 10.6 Å². The van der Waals surface area contributed by atoms with Gasteiger partial charge in [0.15, 0.2) is 0 Å². The lowest BCUT2D eigenvalue weighted by Gasteiger charge is -2.30. The molecule has 0 bridgehead atoms. The maximum Gasteiger partial charge on any atom is 0.251 e. The summed E-state index contributed by atoms with van der Waals surface area (Å²) in [7, 11) is 0. The van der Waals surface area contributed by atoms with Crippen LogP contribution in [0.15, 0.2) is 30.3 Å². The molecule has 2 atom stereocenters. The lowest BCUT2D eigenvalue weighted by atomic mass is 9.97. The molecule has 0 unspecified atom stereocenters. The van der Waals surface area contributed by atoms with Gasteiger partial charge in [0.05, 0.1) is 0 Å². The molecule has 1 aliphatic heterocycles. The van der Waals surface area contributed by atoms with Crippen LogP contribution in [0, 0.1) is 11.8 Å². The van der Waals surface area contributed by atoms with E-state index in [0.29, 0.717) is 12.1 Å². The van der Waals surface area contributed by atoms with Gasteiger partial charge in [0.1, 0.15) is 6.04 Å². The molecule has 0 aromatic heterocycles. The van der Waals surface area contributed by atoms with E-state index < -0.39 is 6.04 Å². The molecule has 1 aromatic carbocycles. The van der Waals surface area contributed by atoms with Gasteiger partial charge in [-0.15, -0.1) is 0 Å². The summed E-state index contributed by atoms with van der Waals surface area (Å²) in [5.74, 6) is 0.645. The molecule has 2 N–H and O–H groups in total. The Morgan fingerprint density at radius 1 is 1.19 bits per heavy atom. The van der Waals surface area contributed by atoms with Crippen LogP contribution in [0.5, 0.6) is 0 Å². The lowest BCUT2D eigenvalue weighted by molar-refractivity contribution is -0.124. The molecular formula is C22H35N3O2. The van der Waals surface area contributed by atoms with E-state index in [4.69, 9.17) is 0 Å². The number of carbonyl (C=O) groups is 2. The van der Waals surface area contributed by atoms with Crippen molar-refractivity contribution in [2.75, 3.05) is 26.2 Å². The number of rotatable bonds is 9. The van der Waals surface area contributed by atoms with E-state index in [1.165, 1.54) is 12.8 Å². The van der Waals surface area contributed by atoms with Crippen LogP contribution in [0.25, 0.3) is 0 Å². The molecule has 2 amide bonds. The predicted molar refractivity (Wildman–Crippen MR) is 110 cm³/mol. The molecular weight excluding hydrogens is 338 g/mol. The number of piperidine rings is 1. The van der Waals surface area contributed by atoms with Crippen LogP contribution in [-0.4, -0.2) is 48.9 Å². The Morgan fingerprint density at radius 2 is 1.85 bits per heavy atom. The highest BCUT2D eigenvalue weighted by Gasteiger charge is 2.26. The van der Waals surface area contributed by atoms with Gasteiger partial charge >= 0.3 is 0 Å². The summed E-state index contributed by atoms with van der Waals surface area (Å²) in [6.07, 6.45) is 4.32. The van der Waals surface area contributed by atoms with Gasteiger partial charge in [-0.3, -0.25) is 9.59 Å². The average molecular weight is 374 g/mol. The zero-order valence-corrected chi connectivity index (χ0v) is 17.0. The van der Waals surface area contributed by atoms with Crippen molar-refractivity contribution in [3.63, 3.8) is 0 Å². The second-order valence-electron chi connectivity index (χ2n) is 7.87. The molecule has 1 aliphatic rings. The van der Waals surface area contributed by atoms with Gasteiger partial charge in [0.2, 0.25) is 5.91 Å². The highest BCUT2D eigenvalue weighted by Crippen LogP contribution is 2.15. The van der Waals surface area contributed by atoms with Crippen molar-refractivity contribution in [3.05, 3.63) is 35.9 Å². The van der Waals surface area contributed by atoms with E-state index in [2.05, 4.69) is 22.5 Å². The minimum atomic E-state index is -0.501. The molecule has 0 spiro atoms. The molecule has 0 aliphatic carbocycles. The minimum absolute atomic E-state index is 0.0825. The number of nitrogens with one attached hydrogen (secondary N) is 2. The van der Waals surface area contributed by atoms with Gasteiger partial charge < -0.3 is 15.5 Å². The van der Waals surface area contributed by atoms with E-state index in [0.717, 1.165) is 38.4 Å². The Hall–Kier alpha value is -1.88. The van der Waals surface area contributed by atoms with Gasteiger partial charge in [0, 0.05) is 12.1 Å². The van der Waals surface area contributed by atoms with Gasteiger partial charge in [-0.1, -0.05) is 45.4 Å². The molecule has 1 heterocycles. The predicted octanol–water partition coefficient (Wildman–Crippen LogP) is 3.07. The van der Waals surface area contributed by atoms with E-state index in [1.807, 2.05) is 32.0 Å². The SMILES string of the molecule is CC[C@@H](C)[C@@H](NC(=O)c1ccccc1)C(=O)NCCCN1CCC(C)CC1. The number of nitrogens with zero attached hydrogens (tertiary/aromatic N) is 1. The van der Waals surface area contributed by atoms with E-state index in [1.54, 1.807) is 12.1 Å². The first-order valence-electron chi connectivity index (χ1n) is 10.4. The molecule has 5 heteroatoms. The number of likely N-dealkylation sites (tertiary alicyclic amines) is 1. The Kier molecular flexibility index (Phi) is 8.79. The molecule has 27 heavy (non-hydrogen) atoms. The molecule has 1 fully saturated rings. The van der Waals surface area contributed by atoms with Crippen LogP contribution in [-0.2, 0) is 4.79 Å². The third-order valence-electron chi connectivity index (χ3n) is 5.64. The third-order valence-corrected chi connectivity index (χ3v) is 5.64. The highest BCUT2D eigenvalue weighted by molar-refractivity contribution is 5.97. The summed E-state index contributed by atoms with van der Waals surface area (Å²) in [5, 5.41) is 5.94. The molecule has 1 aromatic rings. The second-order valence-corrected chi connectivity index (χ2v) is 7.87. The number of hydrogen-bond donors (Lipinski definition) is 2. The standard InChI is InChI=1S/C22H35N3O2/c1-4-18(3)20(24-21(26)19-9-6-5-7-10-19)22(27)23-13-8-14-25-15-11-17(2)12-16-25/h5-7,9-10,17-18,20H,4,8,11-16H2,1-3H3,(H,23,27)(H,24,26)/t18-,20-/m1/s1. The Bertz CT molecular complexity index is 582. The molecule has 5 nitrogen and oxygen atoms in total.